The monoisotopic (exact) mass is 1030 g/mol. The van der Waals surface area contributed by atoms with Gasteiger partial charge < -0.3 is 51.2 Å². The van der Waals surface area contributed by atoms with Crippen LogP contribution in [0.25, 0.3) is 0 Å². The van der Waals surface area contributed by atoms with Gasteiger partial charge in [-0.05, 0) is 99.9 Å². The highest BCUT2D eigenvalue weighted by Crippen LogP contribution is 2.48. The minimum atomic E-state index is -0.705. The SMILES string of the molecule is CN[C@@H](C)C(=O)N[C@@H]1CCSC2CC(C)(C)[C@H](C(=O)N[C@@H](COCCCCCCCCOC[C@@H](NC(=O)[C@@H]3N4C(=O)[C@H](NC(=O)[C@H](C)NC)CCSC4CC3(C)C)c3ccccc3)c3ccccc3)N2C1=O. The van der Waals surface area contributed by atoms with E-state index in [4.69, 9.17) is 9.47 Å². The van der Waals surface area contributed by atoms with E-state index in [0.29, 0.717) is 63.6 Å². The molecular weight excluding hydrogens is 953 g/mol. The third-order valence-corrected chi connectivity index (χ3v) is 17.3. The Kier molecular flexibility index (Phi) is 21.3. The second kappa shape index (κ2) is 26.8. The Morgan fingerprint density at radius 3 is 1.32 bits per heavy atom. The Balaban J connectivity index is 0.936. The molecule has 16 nitrogen and oxygen atoms in total. The fourth-order valence-corrected chi connectivity index (χ4v) is 13.5. The molecule has 2 aromatic rings. The number of hydrogen-bond acceptors (Lipinski definition) is 12. The van der Waals surface area contributed by atoms with E-state index in [-0.39, 0.29) is 46.2 Å². The molecule has 4 aliphatic heterocycles. The molecule has 0 radical (unpaired) electrons. The summed E-state index contributed by atoms with van der Waals surface area (Å²) in [4.78, 5) is 86.0. The zero-order chi connectivity index (χ0) is 52.0. The van der Waals surface area contributed by atoms with Gasteiger partial charge in [0, 0.05) is 13.2 Å². The number of benzene rings is 2. The number of hydrogen-bond donors (Lipinski definition) is 6. The second-order valence-electron chi connectivity index (χ2n) is 21.3. The number of rotatable bonds is 25. The number of carbonyl (C=O) groups is 6. The smallest absolute Gasteiger partial charge is 0.246 e. The van der Waals surface area contributed by atoms with Crippen LogP contribution >= 0.6 is 23.5 Å². The first kappa shape index (κ1) is 57.1. The molecule has 10 atom stereocenters. The van der Waals surface area contributed by atoms with Crippen molar-refractivity contribution in [2.75, 3.05) is 52.0 Å². The Hall–Kier alpha value is -4.20. The molecule has 6 N–H and O–H groups in total. The highest BCUT2D eigenvalue weighted by molar-refractivity contribution is 8.00. The highest BCUT2D eigenvalue weighted by Gasteiger charge is 2.56. The van der Waals surface area contributed by atoms with E-state index < -0.39 is 59.2 Å². The van der Waals surface area contributed by atoms with E-state index in [9.17, 15) is 28.8 Å². The van der Waals surface area contributed by atoms with E-state index in [2.05, 4.69) is 31.9 Å². The number of ether oxygens (including phenoxy) is 2. The molecule has 4 fully saturated rings. The lowest BCUT2D eigenvalue weighted by Crippen LogP contribution is -2.58. The molecule has 0 aromatic heterocycles. The average molecular weight is 1040 g/mol. The van der Waals surface area contributed by atoms with Crippen LogP contribution in [0.5, 0.6) is 0 Å². The number of thioether (sulfide) groups is 2. The minimum absolute atomic E-state index is 0.153. The fraction of sp³-hybridized carbons (Fsp3) is 0.667. The molecule has 0 aliphatic carbocycles. The third kappa shape index (κ3) is 14.8. The molecule has 6 rings (SSSR count). The van der Waals surface area contributed by atoms with Gasteiger partial charge in [-0.2, -0.15) is 0 Å². The summed E-state index contributed by atoms with van der Waals surface area (Å²) in [6, 6.07) is 15.1. The molecule has 4 saturated heterocycles. The van der Waals surface area contributed by atoms with Crippen molar-refractivity contribution in [3.63, 3.8) is 0 Å². The Morgan fingerprint density at radius 2 is 0.958 bits per heavy atom. The molecule has 72 heavy (non-hydrogen) atoms. The third-order valence-electron chi connectivity index (χ3n) is 14.8. The molecule has 4 aliphatic rings. The van der Waals surface area contributed by atoms with Crippen molar-refractivity contribution in [2.24, 2.45) is 10.8 Å². The summed E-state index contributed by atoms with van der Waals surface area (Å²) in [5.41, 5.74) is 0.892. The first-order valence-electron chi connectivity index (χ1n) is 26.2. The number of unbranched alkanes of at least 4 members (excludes halogenated alkanes) is 5. The van der Waals surface area contributed by atoms with Crippen molar-refractivity contribution in [3.05, 3.63) is 71.8 Å². The van der Waals surface area contributed by atoms with Crippen LogP contribution in [0.15, 0.2) is 60.7 Å². The molecule has 0 saturated carbocycles. The van der Waals surface area contributed by atoms with Gasteiger partial charge in [0.05, 0.1) is 48.1 Å². The van der Waals surface area contributed by atoms with Gasteiger partial charge >= 0.3 is 0 Å². The molecule has 4 heterocycles. The number of amides is 6. The molecule has 0 spiro atoms. The topological polar surface area (TPSA) is 200 Å². The van der Waals surface area contributed by atoms with Crippen LogP contribution in [0.4, 0.5) is 0 Å². The van der Waals surface area contributed by atoms with Crippen LogP contribution in [-0.2, 0) is 38.2 Å². The molecule has 6 amide bonds. The maximum absolute atomic E-state index is 14.4. The maximum Gasteiger partial charge on any atom is 0.246 e. The molecule has 2 aromatic carbocycles. The lowest BCUT2D eigenvalue weighted by atomic mass is 9.83. The summed E-state index contributed by atoms with van der Waals surface area (Å²) in [7, 11) is 3.41. The van der Waals surface area contributed by atoms with Gasteiger partial charge in [0.25, 0.3) is 0 Å². The Morgan fingerprint density at radius 1 is 0.597 bits per heavy atom. The molecule has 398 valence electrons. The van der Waals surface area contributed by atoms with Crippen molar-refractivity contribution in [1.29, 1.82) is 0 Å². The minimum Gasteiger partial charge on any atom is -0.379 e. The van der Waals surface area contributed by atoms with Crippen molar-refractivity contribution in [2.45, 2.75) is 165 Å². The standard InChI is InChI=1S/C54H82N8O8S2/c1-35(55-7)47(63)57-39-25-29-71-43-31-53(3,4)45(61(43)51(39)67)49(65)59-41(37-21-15-13-16-22-37)33-69-27-19-11-9-10-12-20-28-70-34-42(38-23-17-14-18-24-38)60-50(66)46-54(5,6)32-44-62(46)52(68)40(26-30-72-44)58-48(64)36(2)56-8/h13-18,21-24,35-36,39-46,55-56H,9-12,19-20,25-34H2,1-8H3,(H,57,63)(H,58,64)(H,59,65)(H,60,66)/t35-,36-,39+,40+,41-,42+,43?,44?,45-,46-/m0/s1. The van der Waals surface area contributed by atoms with E-state index in [1.54, 1.807) is 61.3 Å². The van der Waals surface area contributed by atoms with Crippen LogP contribution < -0.4 is 31.9 Å². The van der Waals surface area contributed by atoms with E-state index >= 15 is 0 Å². The molecule has 18 heteroatoms. The van der Waals surface area contributed by atoms with Gasteiger partial charge in [0.15, 0.2) is 0 Å². The van der Waals surface area contributed by atoms with Crippen molar-refractivity contribution >= 4 is 59.0 Å². The predicted octanol–water partition coefficient (Wildman–Crippen LogP) is 5.44. The van der Waals surface area contributed by atoms with Crippen LogP contribution in [0.1, 0.15) is 129 Å². The number of carbonyl (C=O) groups excluding carboxylic acids is 6. The largest absolute Gasteiger partial charge is 0.379 e. The Bertz CT molecular complexity index is 1970. The fourth-order valence-electron chi connectivity index (χ4n) is 10.4. The first-order valence-corrected chi connectivity index (χ1v) is 28.3. The van der Waals surface area contributed by atoms with Crippen molar-refractivity contribution < 1.29 is 38.2 Å². The maximum atomic E-state index is 14.4. The first-order chi connectivity index (χ1) is 34.5. The summed E-state index contributed by atoms with van der Waals surface area (Å²) >= 11 is 3.36. The number of nitrogens with zero attached hydrogens (tertiary/aromatic N) is 2. The lowest BCUT2D eigenvalue weighted by Gasteiger charge is -2.35. The zero-order valence-corrected chi connectivity index (χ0v) is 45.5. The molecule has 2 unspecified atom stereocenters. The van der Waals surface area contributed by atoms with E-state index in [1.165, 1.54) is 0 Å². The van der Waals surface area contributed by atoms with Crippen LogP contribution in [0, 0.1) is 10.8 Å². The van der Waals surface area contributed by atoms with Gasteiger partial charge in [-0.25, -0.2) is 0 Å². The van der Waals surface area contributed by atoms with Crippen molar-refractivity contribution in [1.82, 2.24) is 41.7 Å². The Labute approximate surface area is 436 Å². The number of fused-ring (bicyclic) bond motifs is 2. The van der Waals surface area contributed by atoms with Crippen LogP contribution in [0.3, 0.4) is 0 Å². The van der Waals surface area contributed by atoms with Crippen LogP contribution in [0.2, 0.25) is 0 Å². The second-order valence-corrected chi connectivity index (χ2v) is 23.8. The summed E-state index contributed by atoms with van der Waals surface area (Å²) in [5, 5.41) is 18.0. The quantitative estimate of drug-likeness (QED) is 0.0690. The lowest BCUT2D eigenvalue weighted by molar-refractivity contribution is -0.144. The molecule has 0 bridgehead atoms. The summed E-state index contributed by atoms with van der Waals surface area (Å²) < 4.78 is 12.4. The highest BCUT2D eigenvalue weighted by atomic mass is 32.2. The summed E-state index contributed by atoms with van der Waals surface area (Å²) in [5.74, 6) is 0.0715. The van der Waals surface area contributed by atoms with Gasteiger partial charge in [-0.15, -0.1) is 23.5 Å². The van der Waals surface area contributed by atoms with Crippen molar-refractivity contribution in [3.8, 4) is 0 Å². The number of likely N-dealkylation sites (N-methyl/N-ethyl adjacent to an activating group) is 2. The zero-order valence-electron chi connectivity index (χ0n) is 43.8. The average Bonchev–Trinajstić information content (AvgIpc) is 3.68. The van der Waals surface area contributed by atoms with E-state index in [0.717, 1.165) is 49.7 Å². The van der Waals surface area contributed by atoms with E-state index in [1.807, 2.05) is 88.4 Å². The predicted molar refractivity (Wildman–Crippen MR) is 285 cm³/mol. The van der Waals surface area contributed by atoms with Gasteiger partial charge in [0.2, 0.25) is 35.4 Å². The van der Waals surface area contributed by atoms with Crippen LogP contribution in [-0.4, -0.2) is 144 Å². The van der Waals surface area contributed by atoms with Gasteiger partial charge in [0.1, 0.15) is 24.2 Å². The summed E-state index contributed by atoms with van der Waals surface area (Å²) in [6.45, 7) is 13.4. The molecular formula is C54H82N8O8S2. The summed E-state index contributed by atoms with van der Waals surface area (Å²) in [6.07, 6.45) is 8.23. The van der Waals surface area contributed by atoms with Gasteiger partial charge in [-0.3, -0.25) is 28.8 Å². The normalized spacial score (nSPS) is 25.2. The van der Waals surface area contributed by atoms with Gasteiger partial charge in [-0.1, -0.05) is 114 Å². The number of nitrogens with one attached hydrogen (secondary N) is 6.